The number of amides is 3. The molecule has 0 aliphatic carbocycles. The standard InChI is InChI=1S/C22H19BrClN3O3S/c23-17-8-5-15(12-18(17)24)25-20(28)13-27-21(29)19(31-22(27)30)11-14-3-6-16(7-4-14)26-9-1-2-10-26/h3-8,11-12H,1-2,9-10,13H2,(H,25,28)/b19-11+. The first-order valence-electron chi connectivity index (χ1n) is 9.76. The lowest BCUT2D eigenvalue weighted by Crippen LogP contribution is -2.36. The minimum atomic E-state index is -0.475. The van der Waals surface area contributed by atoms with Crippen molar-refractivity contribution in [3.63, 3.8) is 0 Å². The molecule has 0 aromatic heterocycles. The van der Waals surface area contributed by atoms with E-state index in [-0.39, 0.29) is 6.54 Å². The Labute approximate surface area is 197 Å². The molecule has 2 aromatic carbocycles. The maximum Gasteiger partial charge on any atom is 0.294 e. The van der Waals surface area contributed by atoms with Crippen molar-refractivity contribution in [1.29, 1.82) is 0 Å². The summed E-state index contributed by atoms with van der Waals surface area (Å²) in [5.74, 6) is -0.945. The van der Waals surface area contributed by atoms with Gasteiger partial charge in [-0.1, -0.05) is 23.7 Å². The van der Waals surface area contributed by atoms with Crippen LogP contribution in [0.25, 0.3) is 6.08 Å². The summed E-state index contributed by atoms with van der Waals surface area (Å²) >= 11 is 10.1. The second-order valence-corrected chi connectivity index (χ2v) is 9.49. The number of nitrogens with one attached hydrogen (secondary N) is 1. The number of rotatable bonds is 5. The quantitative estimate of drug-likeness (QED) is 0.536. The average molecular weight is 521 g/mol. The van der Waals surface area contributed by atoms with Crippen LogP contribution in [0.3, 0.4) is 0 Å². The van der Waals surface area contributed by atoms with Crippen molar-refractivity contribution in [2.75, 3.05) is 29.9 Å². The fourth-order valence-electron chi connectivity index (χ4n) is 3.46. The fraction of sp³-hybridized carbons (Fsp3) is 0.227. The molecule has 0 radical (unpaired) electrons. The third kappa shape index (κ3) is 5.14. The lowest BCUT2D eigenvalue weighted by Gasteiger charge is -2.17. The van der Waals surface area contributed by atoms with Gasteiger partial charge in [-0.3, -0.25) is 19.3 Å². The highest BCUT2D eigenvalue weighted by Gasteiger charge is 2.36. The molecule has 2 aliphatic rings. The summed E-state index contributed by atoms with van der Waals surface area (Å²) < 4.78 is 0.705. The van der Waals surface area contributed by atoms with E-state index < -0.39 is 17.1 Å². The molecule has 6 nitrogen and oxygen atoms in total. The first-order chi connectivity index (χ1) is 14.9. The van der Waals surface area contributed by atoms with Gasteiger partial charge in [0, 0.05) is 28.9 Å². The van der Waals surface area contributed by atoms with Crippen LogP contribution in [0.2, 0.25) is 5.02 Å². The minimum Gasteiger partial charge on any atom is -0.372 e. The molecular formula is C22H19BrClN3O3S. The summed E-state index contributed by atoms with van der Waals surface area (Å²) in [7, 11) is 0. The molecular weight excluding hydrogens is 502 g/mol. The molecule has 0 bridgehead atoms. The zero-order chi connectivity index (χ0) is 22.0. The monoisotopic (exact) mass is 519 g/mol. The molecule has 0 saturated carbocycles. The Morgan fingerprint density at radius 3 is 2.52 bits per heavy atom. The van der Waals surface area contributed by atoms with Crippen LogP contribution < -0.4 is 10.2 Å². The molecule has 2 heterocycles. The van der Waals surface area contributed by atoms with Crippen LogP contribution in [-0.2, 0) is 9.59 Å². The molecule has 2 aromatic rings. The van der Waals surface area contributed by atoms with Gasteiger partial charge in [0.1, 0.15) is 6.54 Å². The number of anilines is 2. The first-order valence-corrected chi connectivity index (χ1v) is 11.7. The predicted octanol–water partition coefficient (Wildman–Crippen LogP) is 5.38. The topological polar surface area (TPSA) is 69.7 Å². The summed E-state index contributed by atoms with van der Waals surface area (Å²) in [5.41, 5.74) is 2.48. The fourth-order valence-corrected chi connectivity index (χ4v) is 4.73. The van der Waals surface area contributed by atoms with Crippen LogP contribution >= 0.6 is 39.3 Å². The summed E-state index contributed by atoms with van der Waals surface area (Å²) in [4.78, 5) is 40.9. The van der Waals surface area contributed by atoms with E-state index in [1.807, 2.05) is 24.3 Å². The number of hydrogen-bond acceptors (Lipinski definition) is 5. The Kier molecular flexibility index (Phi) is 6.69. The van der Waals surface area contributed by atoms with Gasteiger partial charge in [-0.25, -0.2) is 0 Å². The van der Waals surface area contributed by atoms with Crippen molar-refractivity contribution in [3.8, 4) is 0 Å². The Bertz CT molecular complexity index is 1070. The molecule has 160 valence electrons. The normalized spacial score (nSPS) is 17.7. The van der Waals surface area contributed by atoms with Gasteiger partial charge in [0.05, 0.1) is 9.93 Å². The third-order valence-electron chi connectivity index (χ3n) is 5.04. The molecule has 31 heavy (non-hydrogen) atoms. The second kappa shape index (κ2) is 9.46. The van der Waals surface area contributed by atoms with E-state index in [1.165, 1.54) is 12.8 Å². The SMILES string of the molecule is O=C(CN1C(=O)S/C(=C/c2ccc(N3CCCC3)cc2)C1=O)Nc1ccc(Br)c(Cl)c1. The number of carbonyl (C=O) groups is 3. The van der Waals surface area contributed by atoms with E-state index in [0.29, 0.717) is 20.1 Å². The van der Waals surface area contributed by atoms with Crippen molar-refractivity contribution in [3.05, 3.63) is 62.4 Å². The zero-order valence-corrected chi connectivity index (χ0v) is 19.6. The number of halogens is 2. The summed E-state index contributed by atoms with van der Waals surface area (Å²) in [6.45, 7) is 1.77. The van der Waals surface area contributed by atoms with Gasteiger partial charge < -0.3 is 10.2 Å². The highest BCUT2D eigenvalue weighted by Crippen LogP contribution is 2.33. The maximum absolute atomic E-state index is 12.7. The van der Waals surface area contributed by atoms with E-state index in [2.05, 4.69) is 26.1 Å². The van der Waals surface area contributed by atoms with Crippen molar-refractivity contribution in [2.45, 2.75) is 12.8 Å². The van der Waals surface area contributed by atoms with Crippen molar-refractivity contribution < 1.29 is 14.4 Å². The average Bonchev–Trinajstić information content (AvgIpc) is 3.36. The molecule has 0 unspecified atom stereocenters. The molecule has 0 spiro atoms. The molecule has 0 atom stereocenters. The Hall–Kier alpha value is -2.29. The van der Waals surface area contributed by atoms with Gasteiger partial charge in [-0.05, 0) is 82.5 Å². The lowest BCUT2D eigenvalue weighted by molar-refractivity contribution is -0.127. The Balaban J connectivity index is 1.40. The minimum absolute atomic E-state index is 0.304. The number of benzene rings is 2. The molecule has 2 saturated heterocycles. The molecule has 3 amide bonds. The largest absolute Gasteiger partial charge is 0.372 e. The first kappa shape index (κ1) is 21.9. The van der Waals surface area contributed by atoms with E-state index in [9.17, 15) is 14.4 Å². The van der Waals surface area contributed by atoms with Crippen molar-refractivity contribution in [2.24, 2.45) is 0 Å². The molecule has 2 fully saturated rings. The molecule has 1 N–H and O–H groups in total. The van der Waals surface area contributed by atoms with Crippen LogP contribution in [0.15, 0.2) is 51.8 Å². The van der Waals surface area contributed by atoms with Crippen LogP contribution in [-0.4, -0.2) is 41.6 Å². The van der Waals surface area contributed by atoms with E-state index in [4.69, 9.17) is 11.6 Å². The highest BCUT2D eigenvalue weighted by molar-refractivity contribution is 9.10. The van der Waals surface area contributed by atoms with Gasteiger partial charge in [-0.15, -0.1) is 0 Å². The second-order valence-electron chi connectivity index (χ2n) is 7.23. The smallest absolute Gasteiger partial charge is 0.294 e. The van der Waals surface area contributed by atoms with E-state index in [0.717, 1.165) is 41.0 Å². The number of imide groups is 1. The van der Waals surface area contributed by atoms with E-state index in [1.54, 1.807) is 24.3 Å². The molecule has 4 rings (SSSR count). The number of thioether (sulfide) groups is 1. The van der Waals surface area contributed by atoms with Crippen molar-refractivity contribution >= 4 is 73.8 Å². The highest BCUT2D eigenvalue weighted by atomic mass is 79.9. The summed E-state index contributed by atoms with van der Waals surface area (Å²) in [5, 5.41) is 2.63. The Morgan fingerprint density at radius 1 is 1.13 bits per heavy atom. The number of carbonyl (C=O) groups excluding carboxylic acids is 3. The lowest BCUT2D eigenvalue weighted by atomic mass is 10.2. The van der Waals surface area contributed by atoms with Gasteiger partial charge in [0.2, 0.25) is 5.91 Å². The van der Waals surface area contributed by atoms with E-state index >= 15 is 0 Å². The zero-order valence-electron chi connectivity index (χ0n) is 16.4. The summed E-state index contributed by atoms with van der Waals surface area (Å²) in [6, 6.07) is 12.9. The van der Waals surface area contributed by atoms with Gasteiger partial charge in [-0.2, -0.15) is 0 Å². The maximum atomic E-state index is 12.7. The predicted molar refractivity (Wildman–Crippen MR) is 128 cm³/mol. The van der Waals surface area contributed by atoms with Crippen LogP contribution in [0.5, 0.6) is 0 Å². The van der Waals surface area contributed by atoms with Crippen LogP contribution in [0.4, 0.5) is 16.2 Å². The van der Waals surface area contributed by atoms with Gasteiger partial charge in [0.15, 0.2) is 0 Å². The number of nitrogens with zero attached hydrogens (tertiary/aromatic N) is 2. The van der Waals surface area contributed by atoms with Crippen LogP contribution in [0, 0.1) is 0 Å². The molecule has 2 aliphatic heterocycles. The van der Waals surface area contributed by atoms with Crippen molar-refractivity contribution in [1.82, 2.24) is 4.90 Å². The molecule has 9 heteroatoms. The van der Waals surface area contributed by atoms with Gasteiger partial charge in [0.25, 0.3) is 11.1 Å². The summed E-state index contributed by atoms with van der Waals surface area (Å²) in [6.07, 6.45) is 4.10. The van der Waals surface area contributed by atoms with Gasteiger partial charge >= 0.3 is 0 Å². The third-order valence-corrected chi connectivity index (χ3v) is 7.18. The Morgan fingerprint density at radius 2 is 1.84 bits per heavy atom. The van der Waals surface area contributed by atoms with Crippen LogP contribution in [0.1, 0.15) is 18.4 Å². The number of hydrogen-bond donors (Lipinski definition) is 1.